The molecule has 0 saturated carbocycles. The number of hydrogen-bond donors (Lipinski definition) is 3. The Kier molecular flexibility index (Phi) is 4.55. The number of carboxylic acid groups (broad SMARTS) is 1. The van der Waals surface area contributed by atoms with Gasteiger partial charge in [0.05, 0.1) is 10.7 Å². The van der Waals surface area contributed by atoms with Crippen LogP contribution in [0.25, 0.3) is 0 Å². The summed E-state index contributed by atoms with van der Waals surface area (Å²) in [7, 11) is 0. The van der Waals surface area contributed by atoms with Gasteiger partial charge in [-0.1, -0.05) is 25.4 Å². The molecule has 0 radical (unpaired) electrons. The lowest BCUT2D eigenvalue weighted by molar-refractivity contribution is -0.140. The van der Waals surface area contributed by atoms with Gasteiger partial charge in [-0.3, -0.25) is 4.79 Å². The zero-order chi connectivity index (χ0) is 13.9. The molecule has 98 valence electrons. The fourth-order valence-electron chi connectivity index (χ4n) is 1.42. The average Bonchev–Trinajstić information content (AvgIpc) is 2.28. The number of benzene rings is 1. The van der Waals surface area contributed by atoms with Gasteiger partial charge in [-0.05, 0) is 24.1 Å². The second-order valence-electron chi connectivity index (χ2n) is 4.27. The molecule has 0 bridgehead atoms. The Morgan fingerprint density at radius 1 is 1.39 bits per heavy atom. The second-order valence-corrected chi connectivity index (χ2v) is 4.68. The largest absolute Gasteiger partial charge is 0.480 e. The van der Waals surface area contributed by atoms with Crippen molar-refractivity contribution in [1.82, 2.24) is 5.32 Å². The van der Waals surface area contributed by atoms with E-state index in [1.807, 2.05) is 0 Å². The standard InChI is InChI=1S/C12H15ClN2O3/c1-6(2)10(12(17)18)15-11(16)7-3-4-8(13)9(14)5-7/h3-6,10H,14H2,1-2H3,(H,15,16)(H,17,18). The number of nitrogens with one attached hydrogen (secondary N) is 1. The zero-order valence-corrected chi connectivity index (χ0v) is 10.9. The second kappa shape index (κ2) is 5.73. The third-order valence-electron chi connectivity index (χ3n) is 2.48. The van der Waals surface area contributed by atoms with Crippen LogP contribution in [0.15, 0.2) is 18.2 Å². The van der Waals surface area contributed by atoms with Crippen molar-refractivity contribution in [1.29, 1.82) is 0 Å². The number of halogens is 1. The number of carbonyl (C=O) groups is 2. The monoisotopic (exact) mass is 270 g/mol. The van der Waals surface area contributed by atoms with E-state index in [9.17, 15) is 9.59 Å². The number of nitrogen functional groups attached to an aromatic ring is 1. The molecule has 1 unspecified atom stereocenters. The van der Waals surface area contributed by atoms with Crippen LogP contribution in [-0.2, 0) is 4.79 Å². The van der Waals surface area contributed by atoms with Gasteiger partial charge in [0.25, 0.3) is 5.91 Å². The summed E-state index contributed by atoms with van der Waals surface area (Å²) in [5.74, 6) is -1.77. The first-order valence-electron chi connectivity index (χ1n) is 5.41. The number of carboxylic acids is 1. The summed E-state index contributed by atoms with van der Waals surface area (Å²) in [6.45, 7) is 3.44. The molecule has 0 aliphatic carbocycles. The van der Waals surface area contributed by atoms with Gasteiger partial charge in [-0.2, -0.15) is 0 Å². The van der Waals surface area contributed by atoms with Gasteiger partial charge in [-0.15, -0.1) is 0 Å². The fourth-order valence-corrected chi connectivity index (χ4v) is 1.54. The lowest BCUT2D eigenvalue weighted by atomic mass is 10.0. The Balaban J connectivity index is 2.87. The molecule has 1 amide bonds. The van der Waals surface area contributed by atoms with Crippen LogP contribution >= 0.6 is 11.6 Å². The summed E-state index contributed by atoms with van der Waals surface area (Å²) in [5.41, 5.74) is 6.14. The topological polar surface area (TPSA) is 92.4 Å². The van der Waals surface area contributed by atoms with E-state index in [0.717, 1.165) is 0 Å². The molecule has 1 rings (SSSR count). The molecule has 5 nitrogen and oxygen atoms in total. The van der Waals surface area contributed by atoms with Gasteiger partial charge in [0.2, 0.25) is 0 Å². The minimum atomic E-state index is -1.07. The summed E-state index contributed by atoms with van der Waals surface area (Å²) < 4.78 is 0. The van der Waals surface area contributed by atoms with Crippen LogP contribution in [-0.4, -0.2) is 23.0 Å². The smallest absolute Gasteiger partial charge is 0.326 e. The Hall–Kier alpha value is -1.75. The van der Waals surface area contributed by atoms with E-state index in [2.05, 4.69) is 5.32 Å². The Bertz CT molecular complexity index is 474. The Labute approximate surface area is 110 Å². The first-order valence-corrected chi connectivity index (χ1v) is 5.79. The summed E-state index contributed by atoms with van der Waals surface area (Å²) >= 11 is 5.74. The van der Waals surface area contributed by atoms with Crippen LogP contribution in [0, 0.1) is 5.92 Å². The number of anilines is 1. The van der Waals surface area contributed by atoms with E-state index >= 15 is 0 Å². The molecule has 0 fully saturated rings. The van der Waals surface area contributed by atoms with E-state index in [1.165, 1.54) is 18.2 Å². The van der Waals surface area contributed by atoms with Crippen molar-refractivity contribution in [2.45, 2.75) is 19.9 Å². The minimum Gasteiger partial charge on any atom is -0.480 e. The lowest BCUT2D eigenvalue weighted by Crippen LogP contribution is -2.44. The molecule has 18 heavy (non-hydrogen) atoms. The maximum atomic E-state index is 11.9. The van der Waals surface area contributed by atoms with Crippen molar-refractivity contribution in [3.8, 4) is 0 Å². The van der Waals surface area contributed by atoms with E-state index in [4.69, 9.17) is 22.4 Å². The van der Waals surface area contributed by atoms with Crippen molar-refractivity contribution in [2.75, 3.05) is 5.73 Å². The lowest BCUT2D eigenvalue weighted by Gasteiger charge is -2.18. The van der Waals surface area contributed by atoms with Crippen molar-refractivity contribution in [3.05, 3.63) is 28.8 Å². The third kappa shape index (κ3) is 3.37. The molecular weight excluding hydrogens is 256 g/mol. The molecule has 0 aliphatic rings. The normalized spacial score (nSPS) is 12.2. The molecule has 1 aromatic rings. The van der Waals surface area contributed by atoms with Crippen LogP contribution in [0.4, 0.5) is 5.69 Å². The van der Waals surface area contributed by atoms with E-state index in [-0.39, 0.29) is 17.2 Å². The highest BCUT2D eigenvalue weighted by Crippen LogP contribution is 2.19. The molecule has 0 heterocycles. The van der Waals surface area contributed by atoms with E-state index in [0.29, 0.717) is 5.02 Å². The molecule has 0 spiro atoms. The Morgan fingerprint density at radius 3 is 2.44 bits per heavy atom. The molecular formula is C12H15ClN2O3. The Morgan fingerprint density at radius 2 is 2.00 bits per heavy atom. The number of amides is 1. The molecule has 0 aromatic heterocycles. The van der Waals surface area contributed by atoms with E-state index < -0.39 is 17.9 Å². The summed E-state index contributed by atoms with van der Waals surface area (Å²) in [6.07, 6.45) is 0. The highest BCUT2D eigenvalue weighted by molar-refractivity contribution is 6.33. The summed E-state index contributed by atoms with van der Waals surface area (Å²) in [6, 6.07) is 3.47. The SMILES string of the molecule is CC(C)C(NC(=O)c1ccc(Cl)c(N)c1)C(=O)O. The van der Waals surface area contributed by atoms with Crippen molar-refractivity contribution >= 4 is 29.2 Å². The number of nitrogens with two attached hydrogens (primary N) is 1. The highest BCUT2D eigenvalue weighted by atomic mass is 35.5. The summed E-state index contributed by atoms with van der Waals surface area (Å²) in [5, 5.41) is 11.8. The number of hydrogen-bond acceptors (Lipinski definition) is 3. The zero-order valence-electron chi connectivity index (χ0n) is 10.1. The van der Waals surface area contributed by atoms with Crippen LogP contribution < -0.4 is 11.1 Å². The maximum Gasteiger partial charge on any atom is 0.326 e. The van der Waals surface area contributed by atoms with Crippen molar-refractivity contribution in [2.24, 2.45) is 5.92 Å². The average molecular weight is 271 g/mol. The van der Waals surface area contributed by atoms with Crippen LogP contribution in [0.1, 0.15) is 24.2 Å². The minimum absolute atomic E-state index is 0.212. The van der Waals surface area contributed by atoms with Crippen molar-refractivity contribution in [3.63, 3.8) is 0 Å². The first kappa shape index (κ1) is 14.3. The van der Waals surface area contributed by atoms with Crippen LogP contribution in [0.3, 0.4) is 0 Å². The molecule has 0 aliphatic heterocycles. The van der Waals surface area contributed by atoms with E-state index in [1.54, 1.807) is 13.8 Å². The molecule has 0 saturated heterocycles. The third-order valence-corrected chi connectivity index (χ3v) is 2.82. The van der Waals surface area contributed by atoms with Gasteiger partial charge in [0, 0.05) is 5.56 Å². The van der Waals surface area contributed by atoms with Gasteiger partial charge in [0.15, 0.2) is 0 Å². The fraction of sp³-hybridized carbons (Fsp3) is 0.333. The predicted octanol–water partition coefficient (Wildman–Crippen LogP) is 1.76. The first-order chi connectivity index (χ1) is 8.32. The van der Waals surface area contributed by atoms with Gasteiger partial charge in [0.1, 0.15) is 6.04 Å². The number of rotatable bonds is 4. The van der Waals surface area contributed by atoms with Gasteiger partial charge in [-0.25, -0.2) is 4.79 Å². The summed E-state index contributed by atoms with van der Waals surface area (Å²) in [4.78, 5) is 22.8. The van der Waals surface area contributed by atoms with Gasteiger partial charge < -0.3 is 16.2 Å². The quantitative estimate of drug-likeness (QED) is 0.727. The van der Waals surface area contributed by atoms with Crippen LogP contribution in [0.2, 0.25) is 5.02 Å². The maximum absolute atomic E-state index is 11.9. The molecule has 4 N–H and O–H groups in total. The number of aliphatic carboxylic acids is 1. The molecule has 1 aromatic carbocycles. The number of carbonyl (C=O) groups excluding carboxylic acids is 1. The van der Waals surface area contributed by atoms with Crippen molar-refractivity contribution < 1.29 is 14.7 Å². The van der Waals surface area contributed by atoms with Gasteiger partial charge >= 0.3 is 5.97 Å². The molecule has 6 heteroatoms. The molecule has 1 atom stereocenters. The highest BCUT2D eigenvalue weighted by Gasteiger charge is 2.24. The predicted molar refractivity (Wildman–Crippen MR) is 69.6 cm³/mol. The van der Waals surface area contributed by atoms with Crippen LogP contribution in [0.5, 0.6) is 0 Å².